The van der Waals surface area contributed by atoms with Crippen LogP contribution in [0.15, 0.2) is 30.3 Å². The largest absolute Gasteiger partial charge is 0.330 e. The minimum Gasteiger partial charge on any atom is -0.330 e. The maximum Gasteiger partial charge on any atom is -0.000835 e. The monoisotopic (exact) mass is 292 g/mol. The van der Waals surface area contributed by atoms with Gasteiger partial charge in [-0.05, 0) is 44.5 Å². The summed E-state index contributed by atoms with van der Waals surface area (Å²) >= 11 is 0. The highest BCUT2D eigenvalue weighted by Gasteiger charge is 1.92. The van der Waals surface area contributed by atoms with Crippen LogP contribution in [0.3, 0.4) is 0 Å². The maximum absolute atomic E-state index is 5.44. The average Bonchev–Trinajstić information content (AvgIpc) is 2.34. The molecule has 1 aromatic rings. The summed E-state index contributed by atoms with van der Waals surface area (Å²) in [6.07, 6.45) is 6.15. The predicted octanol–water partition coefficient (Wildman–Crippen LogP) is 3.18. The highest BCUT2D eigenvalue weighted by molar-refractivity contribution is 5.85. The zero-order valence-electron chi connectivity index (χ0n) is 10.9. The second-order valence-corrected chi connectivity index (χ2v) is 4.19. The molecule has 0 saturated heterocycles. The normalized spacial score (nSPS) is 9.39. The first-order valence-electron chi connectivity index (χ1n) is 6.38. The van der Waals surface area contributed by atoms with Gasteiger partial charge in [-0.2, -0.15) is 0 Å². The number of nitrogens with two attached hydrogens (primary N) is 1. The van der Waals surface area contributed by atoms with E-state index in [4.69, 9.17) is 5.73 Å². The number of unbranched alkanes of at least 4 members (excludes halogenated alkanes) is 3. The van der Waals surface area contributed by atoms with E-state index in [0.717, 1.165) is 26.1 Å². The average molecular weight is 293 g/mol. The summed E-state index contributed by atoms with van der Waals surface area (Å²) in [5, 5.41) is 3.48. The first-order valence-corrected chi connectivity index (χ1v) is 6.38. The fraction of sp³-hybridized carbons (Fsp3) is 0.571. The van der Waals surface area contributed by atoms with Gasteiger partial charge in [0.15, 0.2) is 0 Å². The molecule has 0 atom stereocenters. The van der Waals surface area contributed by atoms with E-state index >= 15 is 0 Å². The smallest absolute Gasteiger partial charge is 0.000835 e. The van der Waals surface area contributed by atoms with Gasteiger partial charge >= 0.3 is 0 Å². The van der Waals surface area contributed by atoms with Crippen molar-refractivity contribution in [1.29, 1.82) is 0 Å². The van der Waals surface area contributed by atoms with Crippen molar-refractivity contribution in [3.05, 3.63) is 35.9 Å². The molecule has 0 spiro atoms. The molecular weight excluding hydrogens is 267 g/mol. The van der Waals surface area contributed by atoms with E-state index in [0.29, 0.717) is 0 Å². The van der Waals surface area contributed by atoms with Gasteiger partial charge in [-0.3, -0.25) is 0 Å². The summed E-state index contributed by atoms with van der Waals surface area (Å²) in [5.74, 6) is 0. The van der Waals surface area contributed by atoms with Crippen LogP contribution in [-0.2, 0) is 6.42 Å². The minimum atomic E-state index is 0. The van der Waals surface area contributed by atoms with Gasteiger partial charge in [-0.15, -0.1) is 24.8 Å². The zero-order chi connectivity index (χ0) is 11.5. The van der Waals surface area contributed by atoms with Gasteiger partial charge in [-0.25, -0.2) is 0 Å². The van der Waals surface area contributed by atoms with Gasteiger partial charge in [0.1, 0.15) is 0 Å². The summed E-state index contributed by atoms with van der Waals surface area (Å²) in [6, 6.07) is 10.6. The summed E-state index contributed by atoms with van der Waals surface area (Å²) in [4.78, 5) is 0. The molecule has 18 heavy (non-hydrogen) atoms. The van der Waals surface area contributed by atoms with Crippen molar-refractivity contribution in [1.82, 2.24) is 5.32 Å². The van der Waals surface area contributed by atoms with E-state index in [1.54, 1.807) is 0 Å². The van der Waals surface area contributed by atoms with Crippen LogP contribution in [0.25, 0.3) is 0 Å². The summed E-state index contributed by atoms with van der Waals surface area (Å²) in [6.45, 7) is 3.06. The molecule has 0 aromatic heterocycles. The molecule has 0 bridgehead atoms. The predicted molar refractivity (Wildman–Crippen MR) is 85.0 cm³/mol. The number of hydrogen-bond donors (Lipinski definition) is 2. The Balaban J connectivity index is 0. The Kier molecular flexibility index (Phi) is 16.5. The molecule has 1 rings (SSSR count). The lowest BCUT2D eigenvalue weighted by atomic mass is 10.1. The second kappa shape index (κ2) is 14.8. The van der Waals surface area contributed by atoms with Gasteiger partial charge < -0.3 is 11.1 Å². The molecule has 0 amide bonds. The van der Waals surface area contributed by atoms with Crippen LogP contribution in [0, 0.1) is 0 Å². The summed E-state index contributed by atoms with van der Waals surface area (Å²) < 4.78 is 0. The molecule has 4 heteroatoms. The molecule has 0 aliphatic carbocycles. The van der Waals surface area contributed by atoms with Crippen LogP contribution < -0.4 is 11.1 Å². The van der Waals surface area contributed by atoms with Gasteiger partial charge in [-0.1, -0.05) is 43.2 Å². The van der Waals surface area contributed by atoms with Crippen molar-refractivity contribution >= 4 is 24.8 Å². The van der Waals surface area contributed by atoms with Gasteiger partial charge in [0.2, 0.25) is 0 Å². The Hall–Kier alpha value is -0.280. The fourth-order valence-electron chi connectivity index (χ4n) is 1.75. The lowest BCUT2D eigenvalue weighted by molar-refractivity contribution is 0.591. The van der Waals surface area contributed by atoms with Crippen molar-refractivity contribution in [3.8, 4) is 0 Å². The molecule has 0 heterocycles. The third kappa shape index (κ3) is 10.8. The Bertz CT molecular complexity index is 255. The number of benzene rings is 1. The molecule has 1 aromatic carbocycles. The van der Waals surface area contributed by atoms with Gasteiger partial charge in [0, 0.05) is 0 Å². The lowest BCUT2D eigenvalue weighted by Gasteiger charge is -2.04. The molecule has 0 fully saturated rings. The van der Waals surface area contributed by atoms with Crippen molar-refractivity contribution in [2.75, 3.05) is 19.6 Å². The van der Waals surface area contributed by atoms with E-state index in [2.05, 4.69) is 35.6 Å². The second-order valence-electron chi connectivity index (χ2n) is 4.19. The highest BCUT2D eigenvalue weighted by atomic mass is 35.5. The topological polar surface area (TPSA) is 38.0 Å². The number of hydrogen-bond acceptors (Lipinski definition) is 2. The van der Waals surface area contributed by atoms with E-state index in [1.807, 2.05) is 0 Å². The molecule has 3 N–H and O–H groups in total. The van der Waals surface area contributed by atoms with E-state index < -0.39 is 0 Å². The number of rotatable bonds is 9. The zero-order valence-corrected chi connectivity index (χ0v) is 12.6. The van der Waals surface area contributed by atoms with Crippen molar-refractivity contribution in [2.45, 2.75) is 32.1 Å². The van der Waals surface area contributed by atoms with Crippen LogP contribution in [0.5, 0.6) is 0 Å². The number of nitrogens with one attached hydrogen (secondary N) is 1. The third-order valence-corrected chi connectivity index (χ3v) is 2.74. The quantitative estimate of drug-likeness (QED) is 0.686. The molecule has 0 saturated carbocycles. The van der Waals surface area contributed by atoms with Crippen LogP contribution in [0.2, 0.25) is 0 Å². The first kappa shape index (κ1) is 20.0. The lowest BCUT2D eigenvalue weighted by Crippen LogP contribution is -2.18. The molecular formula is C14H26Cl2N2. The van der Waals surface area contributed by atoms with Crippen molar-refractivity contribution in [2.24, 2.45) is 5.73 Å². The van der Waals surface area contributed by atoms with E-state index in [-0.39, 0.29) is 24.8 Å². The molecule has 0 unspecified atom stereocenters. The Morgan fingerprint density at radius 2 is 1.50 bits per heavy atom. The molecule has 0 aliphatic heterocycles. The van der Waals surface area contributed by atoms with Crippen molar-refractivity contribution < 1.29 is 0 Å². The van der Waals surface area contributed by atoms with Crippen LogP contribution in [-0.4, -0.2) is 19.6 Å². The molecule has 0 aliphatic rings. The van der Waals surface area contributed by atoms with E-state index in [9.17, 15) is 0 Å². The SMILES string of the molecule is Cl.Cl.NCCCCCCNCCc1ccccc1. The standard InChI is InChI=1S/C14H24N2.2ClH/c15-11-6-1-2-7-12-16-13-10-14-8-4-3-5-9-14;;/h3-5,8-9,16H,1-2,6-7,10-13,15H2;2*1H. The molecule has 2 nitrogen and oxygen atoms in total. The third-order valence-electron chi connectivity index (χ3n) is 2.74. The summed E-state index contributed by atoms with van der Waals surface area (Å²) in [5.41, 5.74) is 6.85. The maximum atomic E-state index is 5.44. The van der Waals surface area contributed by atoms with Crippen LogP contribution in [0.1, 0.15) is 31.2 Å². The minimum absolute atomic E-state index is 0. The Morgan fingerprint density at radius 1 is 0.833 bits per heavy atom. The molecule has 0 radical (unpaired) electrons. The Labute approximate surface area is 124 Å². The number of halogens is 2. The fourth-order valence-corrected chi connectivity index (χ4v) is 1.75. The highest BCUT2D eigenvalue weighted by Crippen LogP contribution is 1.99. The molecule has 106 valence electrons. The Morgan fingerprint density at radius 3 is 2.17 bits per heavy atom. The van der Waals surface area contributed by atoms with Crippen LogP contribution >= 0.6 is 24.8 Å². The van der Waals surface area contributed by atoms with Gasteiger partial charge in [0.25, 0.3) is 0 Å². The summed E-state index contributed by atoms with van der Waals surface area (Å²) in [7, 11) is 0. The van der Waals surface area contributed by atoms with Crippen LogP contribution in [0.4, 0.5) is 0 Å². The van der Waals surface area contributed by atoms with Gasteiger partial charge in [0.05, 0.1) is 0 Å². The van der Waals surface area contributed by atoms with E-state index in [1.165, 1.54) is 31.2 Å². The first-order chi connectivity index (χ1) is 7.93. The van der Waals surface area contributed by atoms with Crippen molar-refractivity contribution in [3.63, 3.8) is 0 Å².